The van der Waals surface area contributed by atoms with Crippen molar-refractivity contribution in [2.24, 2.45) is 0 Å². The van der Waals surface area contributed by atoms with E-state index in [2.05, 4.69) is 231 Å². The van der Waals surface area contributed by atoms with Crippen LogP contribution >= 0.6 is 22.7 Å². The Kier molecular flexibility index (Phi) is 10.0. The van der Waals surface area contributed by atoms with Crippen molar-refractivity contribution >= 4 is 42.8 Å². The molecule has 2 unspecified atom stereocenters. The van der Waals surface area contributed by atoms with Gasteiger partial charge in [0, 0.05) is 64.4 Å². The molecule has 3 aliphatic rings. The molecule has 16 rings (SSSR count). The van der Waals surface area contributed by atoms with Gasteiger partial charge in [-0.15, -0.1) is 22.7 Å². The van der Waals surface area contributed by atoms with Crippen LogP contribution in [0.15, 0.2) is 243 Å². The second-order valence-electron chi connectivity index (χ2n) is 19.3. The van der Waals surface area contributed by atoms with Gasteiger partial charge in [0.25, 0.3) is 0 Å². The first-order valence-electron chi connectivity index (χ1n) is 25.1. The molecule has 4 nitrogen and oxygen atoms in total. The lowest BCUT2D eigenvalue weighted by molar-refractivity contribution is 0.755. The molecule has 0 radical (unpaired) electrons. The average Bonchev–Trinajstić information content (AvgIpc) is 4.14. The maximum Gasteiger partial charge on any atom is 0.160 e. The van der Waals surface area contributed by atoms with Crippen LogP contribution in [-0.2, 0) is 0 Å². The summed E-state index contributed by atoms with van der Waals surface area (Å²) in [5.41, 5.74) is 20.2. The minimum atomic E-state index is 0.0561. The third-order valence-electron chi connectivity index (χ3n) is 14.9. The Balaban J connectivity index is 0.830. The van der Waals surface area contributed by atoms with Gasteiger partial charge in [0.15, 0.2) is 11.6 Å². The molecule has 0 N–H and O–H groups in total. The summed E-state index contributed by atoms with van der Waals surface area (Å²) in [6.07, 6.45) is 0. The quantitative estimate of drug-likeness (QED) is 0.152. The topological polar surface area (TPSA) is 51.6 Å². The maximum absolute atomic E-state index is 5.32. The molecule has 4 heterocycles. The highest BCUT2D eigenvalue weighted by molar-refractivity contribution is 7.22. The fourth-order valence-electron chi connectivity index (χ4n) is 11.4. The Bertz CT molecular complexity index is 4000. The summed E-state index contributed by atoms with van der Waals surface area (Å²) in [7, 11) is 0. The SMILES string of the molecule is c1ccc(-c2nc(-c3cccc(-c4cc5ccccc5s4)c3)cc(-c3ccc4c(c3)C3c5ccccc5C4c4cc(-c5cc(-c6cccc(-c7cc8ccccc8s7)c6)nc(-c6ccccc6)n5)ccc43)n2)cc1. The summed E-state index contributed by atoms with van der Waals surface area (Å²) >= 11 is 3.65. The van der Waals surface area contributed by atoms with Crippen molar-refractivity contribution in [2.75, 3.05) is 0 Å². The highest BCUT2D eigenvalue weighted by Gasteiger charge is 2.41. The van der Waals surface area contributed by atoms with Crippen molar-refractivity contribution < 1.29 is 0 Å². The van der Waals surface area contributed by atoms with Gasteiger partial charge in [-0.2, -0.15) is 0 Å². The van der Waals surface area contributed by atoms with Crippen LogP contribution in [0.4, 0.5) is 0 Å². The second-order valence-corrected chi connectivity index (χ2v) is 21.5. The molecule has 0 spiro atoms. The van der Waals surface area contributed by atoms with E-state index >= 15 is 0 Å². The molecule has 2 atom stereocenters. The second kappa shape index (κ2) is 17.4. The average molecular weight is 979 g/mol. The van der Waals surface area contributed by atoms with Crippen molar-refractivity contribution in [3.8, 4) is 88.7 Å². The highest BCUT2D eigenvalue weighted by atomic mass is 32.1. The maximum atomic E-state index is 5.32. The fraction of sp³-hybridized carbons (Fsp3) is 0.0294. The van der Waals surface area contributed by atoms with Gasteiger partial charge >= 0.3 is 0 Å². The fourth-order valence-corrected chi connectivity index (χ4v) is 13.5. The monoisotopic (exact) mass is 978 g/mol. The highest BCUT2D eigenvalue weighted by Crippen LogP contribution is 2.57. The van der Waals surface area contributed by atoms with Gasteiger partial charge in [0.2, 0.25) is 0 Å². The summed E-state index contributed by atoms with van der Waals surface area (Å²) in [6, 6.07) is 87.5. The predicted octanol–water partition coefficient (Wildman–Crippen LogP) is 18.0. The molecule has 0 amide bonds. The summed E-state index contributed by atoms with van der Waals surface area (Å²) in [5, 5.41) is 2.53. The van der Waals surface area contributed by atoms with Crippen molar-refractivity contribution in [1.82, 2.24) is 19.9 Å². The summed E-state index contributed by atoms with van der Waals surface area (Å²) < 4.78 is 2.57. The van der Waals surface area contributed by atoms with Crippen LogP contribution in [0, 0.1) is 0 Å². The van der Waals surface area contributed by atoms with Crippen LogP contribution in [0.1, 0.15) is 45.2 Å². The van der Waals surface area contributed by atoms with Crippen LogP contribution in [0.25, 0.3) is 109 Å². The zero-order chi connectivity index (χ0) is 48.7. The summed E-state index contributed by atoms with van der Waals surface area (Å²) in [6.45, 7) is 0. The number of benzene rings is 9. The smallest absolute Gasteiger partial charge is 0.160 e. The van der Waals surface area contributed by atoms with Gasteiger partial charge in [0.1, 0.15) is 0 Å². The molecular formula is C68H42N4S2. The van der Waals surface area contributed by atoms with Crippen molar-refractivity contribution in [1.29, 1.82) is 0 Å². The molecule has 346 valence electrons. The first-order chi connectivity index (χ1) is 36.6. The Labute approximate surface area is 436 Å². The standard InChI is InChI=1S/C68H42N4S2/c1-3-15-41(16-4-1)67-69-57(43-21-13-23-47(33-43)63-37-49-19-7-11-27-61(49)73-63)39-59(71-67)45-29-31-53-55(35-45)65-51-25-9-10-26-52(51)66(53)56-36-46(30-32-54(56)65)60-40-58(70-68(72-60)42-17-5-2-6-18-42)44-22-14-24-48(34-44)64-38-50-20-8-12-28-62(50)74-64/h1-40,65-66H. The van der Waals surface area contributed by atoms with Gasteiger partial charge < -0.3 is 0 Å². The Morgan fingerprint density at radius 2 is 0.595 bits per heavy atom. The molecule has 0 saturated heterocycles. The molecule has 0 fully saturated rings. The van der Waals surface area contributed by atoms with Crippen LogP contribution < -0.4 is 0 Å². The minimum Gasteiger partial charge on any atom is -0.228 e. The third-order valence-corrected chi connectivity index (χ3v) is 17.2. The normalized spacial score (nSPS) is 14.2. The van der Waals surface area contributed by atoms with E-state index in [1.807, 2.05) is 34.8 Å². The van der Waals surface area contributed by atoms with Crippen molar-refractivity contribution in [2.45, 2.75) is 11.8 Å². The molecule has 2 bridgehead atoms. The first kappa shape index (κ1) is 42.7. The van der Waals surface area contributed by atoms with Crippen LogP contribution in [-0.4, -0.2) is 19.9 Å². The van der Waals surface area contributed by atoms with E-state index in [0.29, 0.717) is 11.6 Å². The molecule has 0 saturated carbocycles. The number of thiophene rings is 2. The molecule has 0 aliphatic heterocycles. The number of aromatic nitrogens is 4. The number of rotatable bonds is 8. The number of hydrogen-bond acceptors (Lipinski definition) is 6. The summed E-state index contributed by atoms with van der Waals surface area (Å²) in [5.74, 6) is 1.53. The Morgan fingerprint density at radius 3 is 1.03 bits per heavy atom. The molecule has 6 heteroatoms. The zero-order valence-corrected chi connectivity index (χ0v) is 41.5. The van der Waals surface area contributed by atoms with E-state index in [9.17, 15) is 0 Å². The van der Waals surface area contributed by atoms with Crippen LogP contribution in [0.5, 0.6) is 0 Å². The van der Waals surface area contributed by atoms with E-state index in [4.69, 9.17) is 19.9 Å². The molecule has 13 aromatic rings. The largest absolute Gasteiger partial charge is 0.228 e. The summed E-state index contributed by atoms with van der Waals surface area (Å²) in [4.78, 5) is 23.6. The minimum absolute atomic E-state index is 0.0561. The van der Waals surface area contributed by atoms with E-state index in [0.717, 1.165) is 56.2 Å². The molecule has 4 aromatic heterocycles. The van der Waals surface area contributed by atoms with E-state index in [-0.39, 0.29) is 11.8 Å². The molecule has 74 heavy (non-hydrogen) atoms. The predicted molar refractivity (Wildman–Crippen MR) is 307 cm³/mol. The number of hydrogen-bond donors (Lipinski definition) is 0. The van der Waals surface area contributed by atoms with E-state index in [1.54, 1.807) is 0 Å². The lowest BCUT2D eigenvalue weighted by atomic mass is 9.60. The Morgan fingerprint density at radius 1 is 0.243 bits per heavy atom. The zero-order valence-electron chi connectivity index (χ0n) is 39.9. The van der Waals surface area contributed by atoms with E-state index in [1.165, 1.54) is 74.4 Å². The number of fused-ring (bicyclic) bond motifs is 2. The molecular weight excluding hydrogens is 937 g/mol. The Hall–Kier alpha value is -8.94. The molecule has 9 aromatic carbocycles. The van der Waals surface area contributed by atoms with E-state index < -0.39 is 0 Å². The number of nitrogens with zero attached hydrogens (tertiary/aromatic N) is 4. The van der Waals surface area contributed by atoms with Crippen LogP contribution in [0.3, 0.4) is 0 Å². The molecule has 3 aliphatic carbocycles. The lowest BCUT2D eigenvalue weighted by Gasteiger charge is -2.42. The van der Waals surface area contributed by atoms with Gasteiger partial charge in [-0.05, 0) is 116 Å². The van der Waals surface area contributed by atoms with Crippen molar-refractivity contribution in [3.63, 3.8) is 0 Å². The first-order valence-corrected chi connectivity index (χ1v) is 26.7. The third kappa shape index (κ3) is 7.33. The van der Waals surface area contributed by atoms with Crippen LogP contribution in [0.2, 0.25) is 0 Å². The van der Waals surface area contributed by atoms with Gasteiger partial charge in [0.05, 0.1) is 22.8 Å². The van der Waals surface area contributed by atoms with Gasteiger partial charge in [-0.3, -0.25) is 0 Å². The van der Waals surface area contributed by atoms with Gasteiger partial charge in [-0.1, -0.05) is 182 Å². The van der Waals surface area contributed by atoms with Gasteiger partial charge in [-0.25, -0.2) is 19.9 Å². The lowest BCUT2D eigenvalue weighted by Crippen LogP contribution is -2.27. The van der Waals surface area contributed by atoms with Crippen molar-refractivity contribution in [3.05, 3.63) is 276 Å².